The molecule has 0 amide bonds. The topological polar surface area (TPSA) is 206 Å². The van der Waals surface area contributed by atoms with Crippen molar-refractivity contribution < 1.29 is 9.59 Å². The number of nitrogens with zero attached hydrogens (tertiary/aromatic N) is 2. The predicted octanol–water partition coefficient (Wildman–Crippen LogP) is -0.794. The molecule has 0 radical (unpaired) electrons. The second-order valence-electron chi connectivity index (χ2n) is 1.27. The van der Waals surface area contributed by atoms with E-state index >= 15 is 0 Å². The van der Waals surface area contributed by atoms with Crippen molar-refractivity contribution in [1.82, 2.24) is 0 Å². The third-order valence-electron chi connectivity index (χ3n) is 0.296. The van der Waals surface area contributed by atoms with Gasteiger partial charge in [-0.2, -0.15) is 0 Å². The molecular formula is C4H10N8O2. The first-order chi connectivity index (χ1) is 6.45. The summed E-state index contributed by atoms with van der Waals surface area (Å²) in [4.78, 5) is 17.6. The summed E-state index contributed by atoms with van der Waals surface area (Å²) in [6.07, 6.45) is 0.389. The van der Waals surface area contributed by atoms with Crippen LogP contribution in [0.2, 0.25) is 0 Å². The maximum atomic E-state index is 8.81. The number of nitrogens with two attached hydrogens (primary N) is 2. The quantitative estimate of drug-likeness (QED) is 0.106. The van der Waals surface area contributed by atoms with Crippen molar-refractivity contribution >= 4 is 24.5 Å². The van der Waals surface area contributed by atoms with Gasteiger partial charge in [0, 0.05) is 0 Å². The van der Waals surface area contributed by atoms with Crippen LogP contribution in [0, 0.1) is 21.9 Å². The number of carbonyl (C=O) groups is 2. The summed E-state index contributed by atoms with van der Waals surface area (Å²) in [5, 5.41) is 17.3. The molecule has 0 aliphatic rings. The average Bonchev–Trinajstić information content (AvgIpc) is 2.19. The molecule has 0 aromatic carbocycles. The molecule has 0 aliphatic carbocycles. The fourth-order valence-electron chi connectivity index (χ4n) is 0. The van der Waals surface area contributed by atoms with E-state index in [1.54, 1.807) is 0 Å². The van der Waals surface area contributed by atoms with Crippen LogP contribution in [-0.4, -0.2) is 24.5 Å². The molecule has 0 saturated carbocycles. The highest BCUT2D eigenvalue weighted by atomic mass is 16.2. The molecule has 0 bridgehead atoms. The summed E-state index contributed by atoms with van der Waals surface area (Å²) in [6, 6.07) is 0. The molecule has 8 N–H and O–H groups in total. The normalized spacial score (nSPS) is 6.00. The Balaban J connectivity index is -0.000000131. The number of aldehydes is 2. The Morgan fingerprint density at radius 3 is 1.07 bits per heavy atom. The number of hydrogen-bond donors (Lipinski definition) is 6. The molecule has 0 rings (SSSR count). The Hall–Kier alpha value is -2.52. The number of hydrogen-bond acceptors (Lipinski definition) is 6. The summed E-state index contributed by atoms with van der Waals surface area (Å²) in [5.74, 6) is -0.907. The molecule has 0 aromatic heterocycles. The highest BCUT2D eigenvalue weighted by molar-refractivity contribution is 6.09. The standard InChI is InChI=1S/C2H2O2.2CH4N4/c3-1-2-4;2*2-1(3)5-4/h1-2H;2*4H,(H3,2,3). The van der Waals surface area contributed by atoms with Crippen LogP contribution in [-0.2, 0) is 9.59 Å². The van der Waals surface area contributed by atoms with Gasteiger partial charge in [-0.05, 0) is 0 Å². The zero-order valence-electron chi connectivity index (χ0n) is 7.02. The summed E-state index contributed by atoms with van der Waals surface area (Å²) in [6.45, 7) is 0. The summed E-state index contributed by atoms with van der Waals surface area (Å²) in [5.41, 5.74) is 20.9. The van der Waals surface area contributed by atoms with Crippen molar-refractivity contribution in [2.75, 3.05) is 0 Å². The fourth-order valence-corrected chi connectivity index (χ4v) is 0. The third-order valence-corrected chi connectivity index (χ3v) is 0.296. The smallest absolute Gasteiger partial charge is 0.231 e. The first-order valence-corrected chi connectivity index (χ1v) is 2.78. The van der Waals surface area contributed by atoms with E-state index in [9.17, 15) is 0 Å². The van der Waals surface area contributed by atoms with Crippen LogP contribution < -0.4 is 11.5 Å². The lowest BCUT2D eigenvalue weighted by Crippen LogP contribution is -2.02. The van der Waals surface area contributed by atoms with Crippen molar-refractivity contribution in [3.05, 3.63) is 0 Å². The highest BCUT2D eigenvalue weighted by Gasteiger charge is 1.66. The van der Waals surface area contributed by atoms with E-state index in [1.165, 1.54) is 0 Å². The second-order valence-corrected chi connectivity index (χ2v) is 1.27. The second kappa shape index (κ2) is 16.8. The Morgan fingerprint density at radius 2 is 1.07 bits per heavy atom. The molecule has 10 heteroatoms. The van der Waals surface area contributed by atoms with Gasteiger partial charge in [-0.1, -0.05) is 0 Å². The first-order valence-electron chi connectivity index (χ1n) is 2.78. The summed E-state index contributed by atoms with van der Waals surface area (Å²) in [7, 11) is 0. The van der Waals surface area contributed by atoms with Gasteiger partial charge in [0.15, 0.2) is 12.6 Å². The number of rotatable bonds is 1. The summed E-state index contributed by atoms with van der Waals surface area (Å²) < 4.78 is 0. The summed E-state index contributed by atoms with van der Waals surface area (Å²) >= 11 is 0. The van der Waals surface area contributed by atoms with Gasteiger partial charge in [-0.15, -0.1) is 10.2 Å². The number of carbonyl (C=O) groups excluding carboxylic acids is 2. The molecule has 0 saturated heterocycles. The fraction of sp³-hybridized carbons (Fsp3) is 0. The molecule has 0 spiro atoms. The van der Waals surface area contributed by atoms with E-state index in [1.807, 2.05) is 0 Å². The van der Waals surface area contributed by atoms with E-state index in [0.29, 0.717) is 0 Å². The van der Waals surface area contributed by atoms with E-state index < -0.39 is 11.9 Å². The molecule has 0 fully saturated rings. The van der Waals surface area contributed by atoms with Crippen LogP contribution in [0.4, 0.5) is 0 Å². The van der Waals surface area contributed by atoms with Crippen LogP contribution in [0.5, 0.6) is 0 Å². The third kappa shape index (κ3) is 111. The van der Waals surface area contributed by atoms with Crippen LogP contribution in [0.3, 0.4) is 0 Å². The van der Waals surface area contributed by atoms with Gasteiger partial charge in [-0.3, -0.25) is 20.4 Å². The van der Waals surface area contributed by atoms with Gasteiger partial charge in [0.25, 0.3) is 0 Å². The predicted molar refractivity (Wildman–Crippen MR) is 46.3 cm³/mol. The Labute approximate surface area is 78.7 Å². The van der Waals surface area contributed by atoms with Crippen molar-refractivity contribution in [3.63, 3.8) is 0 Å². The Kier molecular flexibility index (Phi) is 21.1. The SMILES string of the molecule is N=NC(=N)N.N=NC(=N)N.O=CC=O. The number of guanidine groups is 2. The van der Waals surface area contributed by atoms with Crippen molar-refractivity contribution in [2.45, 2.75) is 0 Å². The first kappa shape index (κ1) is 17.5. The molecule has 0 unspecified atom stereocenters. The van der Waals surface area contributed by atoms with Crippen LogP contribution in [0.1, 0.15) is 0 Å². The maximum Gasteiger partial charge on any atom is 0.231 e. The molecule has 0 aromatic rings. The van der Waals surface area contributed by atoms with Crippen molar-refractivity contribution in [2.24, 2.45) is 21.7 Å². The van der Waals surface area contributed by atoms with Gasteiger partial charge in [0.05, 0.1) is 0 Å². The lowest BCUT2D eigenvalue weighted by Gasteiger charge is -1.69. The monoisotopic (exact) mass is 202 g/mol. The molecule has 14 heavy (non-hydrogen) atoms. The minimum Gasteiger partial charge on any atom is -0.367 e. The van der Waals surface area contributed by atoms with E-state index in [0.717, 1.165) is 0 Å². The van der Waals surface area contributed by atoms with Crippen LogP contribution >= 0.6 is 0 Å². The molecule has 0 aliphatic heterocycles. The largest absolute Gasteiger partial charge is 0.367 e. The Morgan fingerprint density at radius 1 is 0.929 bits per heavy atom. The maximum absolute atomic E-state index is 8.81. The van der Waals surface area contributed by atoms with E-state index in [2.05, 4.69) is 21.7 Å². The minimum atomic E-state index is -0.454. The van der Waals surface area contributed by atoms with Gasteiger partial charge >= 0.3 is 0 Å². The number of nitrogens with one attached hydrogen (secondary N) is 4. The zero-order valence-corrected chi connectivity index (χ0v) is 7.02. The minimum absolute atomic E-state index is 0.194. The molecular weight excluding hydrogens is 192 g/mol. The lowest BCUT2D eigenvalue weighted by atomic mass is 10.9. The zero-order chi connectivity index (χ0) is 12.0. The van der Waals surface area contributed by atoms with Crippen molar-refractivity contribution in [1.29, 1.82) is 21.9 Å². The van der Waals surface area contributed by atoms with Gasteiger partial charge in [-0.25, -0.2) is 11.1 Å². The van der Waals surface area contributed by atoms with Crippen LogP contribution in [0.25, 0.3) is 0 Å². The van der Waals surface area contributed by atoms with Gasteiger partial charge < -0.3 is 11.5 Å². The highest BCUT2D eigenvalue weighted by Crippen LogP contribution is 1.51. The molecule has 0 atom stereocenters. The van der Waals surface area contributed by atoms with E-state index in [-0.39, 0.29) is 12.6 Å². The van der Waals surface area contributed by atoms with Crippen molar-refractivity contribution in [3.8, 4) is 0 Å². The molecule has 78 valence electrons. The average molecular weight is 202 g/mol. The Bertz CT molecular complexity index is 199. The van der Waals surface area contributed by atoms with E-state index in [4.69, 9.17) is 31.5 Å². The molecule has 10 nitrogen and oxygen atoms in total. The van der Waals surface area contributed by atoms with Gasteiger partial charge in [0.2, 0.25) is 11.9 Å². The van der Waals surface area contributed by atoms with Gasteiger partial charge in [0.1, 0.15) is 0 Å². The lowest BCUT2D eigenvalue weighted by molar-refractivity contribution is -0.122. The van der Waals surface area contributed by atoms with Crippen LogP contribution in [0.15, 0.2) is 10.2 Å². The molecule has 0 heterocycles.